The molecule has 27 nitrogen and oxygen atoms in total. The van der Waals surface area contributed by atoms with Gasteiger partial charge in [-0.3, -0.25) is 28.8 Å². The van der Waals surface area contributed by atoms with Gasteiger partial charge < -0.3 is 71.7 Å². The van der Waals surface area contributed by atoms with E-state index >= 15 is 26.3 Å². The first-order chi connectivity index (χ1) is 66.7. The Morgan fingerprint density at radius 3 is 1.04 bits per heavy atom. The van der Waals surface area contributed by atoms with E-state index < -0.39 is 149 Å². The fraction of sp³-hybridized carbons (Fsp3) is 0.689. The first kappa shape index (κ1) is 109. The van der Waals surface area contributed by atoms with Crippen molar-refractivity contribution in [3.8, 4) is 34.9 Å². The van der Waals surface area contributed by atoms with E-state index in [0.717, 1.165) is 122 Å². The van der Waals surface area contributed by atoms with Crippen molar-refractivity contribution in [2.45, 2.75) is 337 Å². The van der Waals surface area contributed by atoms with Gasteiger partial charge in [0.15, 0.2) is 17.1 Å². The molecule has 3 amide bonds. The second-order valence-electron chi connectivity index (χ2n) is 42.5. The van der Waals surface area contributed by atoms with Crippen molar-refractivity contribution in [3.05, 3.63) is 71.7 Å². The molecule has 19 rings (SSSR count). The smallest absolute Gasteiger partial charge is 0.307 e. The van der Waals surface area contributed by atoms with Crippen LogP contribution in [0, 0.1) is 82.9 Å². The Labute approximate surface area is 862 Å². The minimum Gasteiger partial charge on any atom is -0.540 e. The number of ether oxygens (including phenoxy) is 9. The van der Waals surface area contributed by atoms with Gasteiger partial charge in [0.05, 0.1) is 111 Å². The van der Waals surface area contributed by atoms with Crippen molar-refractivity contribution in [2.75, 3.05) is 41.0 Å². The Balaban J connectivity index is 0.000000167. The number of rotatable bonds is 9. The quantitative estimate of drug-likeness (QED) is 0.0562. The number of aromatic nitrogens is 6. The second-order valence-corrected chi connectivity index (χ2v) is 42.5. The molecule has 3 aromatic carbocycles. The van der Waals surface area contributed by atoms with Crippen molar-refractivity contribution in [1.82, 2.24) is 44.6 Å². The van der Waals surface area contributed by atoms with Crippen LogP contribution in [0.2, 0.25) is 0 Å². The van der Waals surface area contributed by atoms with E-state index in [1.54, 1.807) is 75.4 Å². The maximum Gasteiger partial charge on any atom is 0.307 e. The Hall–Kier alpha value is -8.36. The number of hydrogen-bond acceptors (Lipinski definition) is 24. The zero-order chi connectivity index (χ0) is 98.1. The summed E-state index contributed by atoms with van der Waals surface area (Å²) in [5.41, 5.74) is -1.18. The van der Waals surface area contributed by atoms with E-state index in [-0.39, 0.29) is 213 Å². The van der Waals surface area contributed by atoms with Crippen molar-refractivity contribution in [3.63, 3.8) is 0 Å². The Bertz CT molecular complexity index is 5400. The molecule has 3 aromatic heterocycles. The van der Waals surface area contributed by atoms with E-state index in [2.05, 4.69) is 29.9 Å². The standard InChI is InChI=1S/C36H44F2N3O6.C36H46F2N3O6.C34H42F2N3O6.3V/c1-20-29(19-42)41-18-31(20)47-34-33(39-27-12-11-23(45-2)16-28(27)40-34)36(37,38)13-7-6-10-24-25-14-22(25)15-30(24)46-32(43)17-26(35(41)44)21-8-4-3-5-9-21;1-22-29(21-42)41-20-30(22)46-33-32(39-27-15-14-25(45-3)18-28(27)40-33)36(37,38)17-8-7-12-24-13-9-16-35(24,2)47-31(43)19-26(34(41)44)23-10-5-4-6-11-23;1-20-27(19-40)39-18-28(20)44-31-30(37-25-13-12-23(43-3)15-26(25)38-31)34(35,36)14-8-7-11-22-17-33(22,2)45-29(41)16-24(32(39)42)21-9-5-4-6-10-21;;;/h11-12,16,20-22,24-26,29-31H,3-10,13-15,17-18H2,1-2H3;14-15,18,22-24,26,29-30H,4-13,16-17,19-20H2,1-3H3;12-13,15,20-22,24,27-28H,4-11,14,16-18H2,1-3H3;;;/q3*-1;;;/t20-,22?,24+,25?,26-,29+,30+,31-;22-,24+,26-,29+,30-,35+;20-,22+,24-,27+,28-,33+;;;/m000.../s1. The van der Waals surface area contributed by atoms with E-state index in [9.17, 15) is 43.2 Å². The summed E-state index contributed by atoms with van der Waals surface area (Å²) in [7, 11) is 4.51. The molecule has 6 aliphatic heterocycles. The van der Waals surface area contributed by atoms with Gasteiger partial charge in [-0.05, 0) is 225 Å². The Morgan fingerprint density at radius 2 is 0.683 bits per heavy atom. The third-order valence-corrected chi connectivity index (χ3v) is 33.5. The summed E-state index contributed by atoms with van der Waals surface area (Å²) in [6.07, 6.45) is 25.2. The van der Waals surface area contributed by atoms with E-state index in [1.807, 2.05) is 32.7 Å². The van der Waals surface area contributed by atoms with Crippen LogP contribution in [-0.4, -0.2) is 194 Å². The predicted octanol–water partition coefficient (Wildman–Crippen LogP) is 18.8. The zero-order valence-corrected chi connectivity index (χ0v) is 86.6. The number of methoxy groups -OCH3 is 3. The van der Waals surface area contributed by atoms with Crippen LogP contribution < -0.4 is 28.4 Å². The summed E-state index contributed by atoms with van der Waals surface area (Å²) in [6, 6.07) is 11.6. The summed E-state index contributed by atoms with van der Waals surface area (Å²) in [5, 5.41) is 0. The molecule has 7 saturated carbocycles. The van der Waals surface area contributed by atoms with Crippen molar-refractivity contribution in [2.24, 2.45) is 82.9 Å². The summed E-state index contributed by atoms with van der Waals surface area (Å²) in [4.78, 5) is 151. The fourth-order valence-corrected chi connectivity index (χ4v) is 25.0. The molecule has 20 atom stereocenters. The van der Waals surface area contributed by atoms with Crippen LogP contribution in [0.3, 0.4) is 0 Å². The topological polar surface area (TPSA) is 324 Å². The molecular formula is C106H132F6N9O18V3-3. The number of fused-ring (bicyclic) bond motifs is 17. The van der Waals surface area contributed by atoms with Gasteiger partial charge in [0.1, 0.15) is 52.9 Å². The maximum atomic E-state index is 16.1. The van der Waals surface area contributed by atoms with Crippen LogP contribution >= 0.6 is 0 Å². The molecule has 769 valence electrons. The first-order valence-electron chi connectivity index (χ1n) is 51.1. The van der Waals surface area contributed by atoms with Crippen molar-refractivity contribution < 1.29 is 168 Å². The molecule has 7 aliphatic carbocycles. The number of amides is 3. The van der Waals surface area contributed by atoms with Gasteiger partial charge in [-0.15, -0.1) is 0 Å². The molecule has 3 saturated heterocycles. The van der Waals surface area contributed by atoms with Gasteiger partial charge in [-0.1, -0.05) is 116 Å². The molecule has 0 spiro atoms. The molecule has 6 bridgehead atoms. The molecule has 13 aliphatic rings. The van der Waals surface area contributed by atoms with E-state index in [0.29, 0.717) is 97.0 Å². The van der Waals surface area contributed by atoms with Gasteiger partial charge in [0.25, 0.3) is 17.8 Å². The van der Waals surface area contributed by atoms with Crippen molar-refractivity contribution >= 4 is 87.6 Å². The van der Waals surface area contributed by atoms with Gasteiger partial charge >= 0.3 is 17.9 Å². The summed E-state index contributed by atoms with van der Waals surface area (Å²) >= 11 is 0. The van der Waals surface area contributed by atoms with Gasteiger partial charge in [-0.25, -0.2) is 48.8 Å². The number of carbonyl (C=O) groups is 6. The maximum absolute atomic E-state index is 16.1. The number of nitrogens with zero attached hydrogens (tertiary/aromatic N) is 9. The molecule has 36 heteroatoms. The number of alkyl halides is 6. The third kappa shape index (κ3) is 23.9. The number of benzene rings is 3. The van der Waals surface area contributed by atoms with Crippen LogP contribution in [0.25, 0.3) is 33.1 Å². The van der Waals surface area contributed by atoms with Gasteiger partial charge in [0, 0.05) is 99.0 Å². The number of hydrogen-bond donors (Lipinski definition) is 0. The van der Waals surface area contributed by atoms with Crippen LogP contribution in [0.1, 0.15) is 283 Å². The Morgan fingerprint density at radius 1 is 0.352 bits per heavy atom. The molecule has 9 heterocycles. The molecule has 10 fully saturated rings. The largest absolute Gasteiger partial charge is 0.540 e. The van der Waals surface area contributed by atoms with Crippen LogP contribution in [0.4, 0.5) is 26.3 Å². The van der Waals surface area contributed by atoms with E-state index in [4.69, 9.17) is 42.6 Å². The first-order valence-corrected chi connectivity index (χ1v) is 51.1. The minimum atomic E-state index is -3.35. The minimum absolute atomic E-state index is 0. The average molecular weight is 2090 g/mol. The number of halogens is 6. The van der Waals surface area contributed by atoms with Crippen LogP contribution in [0.15, 0.2) is 54.6 Å². The molecule has 6 aromatic rings. The zero-order valence-electron chi connectivity index (χ0n) is 82.4. The normalized spacial score (nSPS) is 32.6. The fourth-order valence-electron chi connectivity index (χ4n) is 25.0. The Kier molecular flexibility index (Phi) is 35.7. The van der Waals surface area contributed by atoms with E-state index in [1.165, 1.54) is 36.0 Å². The van der Waals surface area contributed by atoms with Crippen LogP contribution in [-0.2, 0) is 131 Å². The predicted molar refractivity (Wildman–Crippen MR) is 498 cm³/mol. The summed E-state index contributed by atoms with van der Waals surface area (Å²) in [5.74, 6) is -14.1. The van der Waals surface area contributed by atoms with Gasteiger partial charge in [-0.2, -0.15) is 26.3 Å². The molecule has 3 radical (unpaired) electrons. The van der Waals surface area contributed by atoms with Gasteiger partial charge in [0.2, 0.25) is 35.4 Å². The molecule has 142 heavy (non-hydrogen) atoms. The average Bonchev–Trinajstić information content (AvgIpc) is 1.60. The number of carbonyl (C=O) groups excluding carboxylic acids is 9. The summed E-state index contributed by atoms with van der Waals surface area (Å²) in [6.45, 7) is 8.99. The van der Waals surface area contributed by atoms with Crippen molar-refractivity contribution in [1.29, 1.82) is 0 Å². The SMILES string of the molecule is COc1ccc2nc3c(nc2c1)O[C@H]1CN(C(=O)[C@H](C2CCCCC2)CC(=O)O[C@@H]2CC4CC4[C@H]2CCCCC3(F)F)[C@H]([C-]=O)[C@@H]1C.COc1ccc2nc3c(nc2c1)O[C@H]1CN(C(=O)[C@H](C2CCCCC2)CC(=O)O[C@]2(C)CCC[C@H]2CCCCC3(F)F)[C@H]([C-]=O)[C@@H]1C.COc1ccc2nc3c(nc2c1)O[C@H]1CN(C(=O)[C@H](C2CCCCC2)CC(=O)O[C@]2(C)C[C@H]2CCCCC3(F)F)[C@H]([C-]=O)[C@@H]1C.[V].[V].[V]. The monoisotopic (exact) mass is 2090 g/mol. The summed E-state index contributed by atoms with van der Waals surface area (Å²) < 4.78 is 149. The number of esters is 3. The third-order valence-electron chi connectivity index (χ3n) is 33.5. The molecule has 0 N–H and O–H groups in total. The van der Waals surface area contributed by atoms with Crippen LogP contribution in [0.5, 0.6) is 34.9 Å². The molecule has 2 unspecified atom stereocenters. The molecular weight excluding hydrogens is 1950 g/mol. The second kappa shape index (κ2) is 46.4.